The molecule has 0 saturated carbocycles. The first-order chi connectivity index (χ1) is 14.6. The lowest BCUT2D eigenvalue weighted by atomic mass is 9.64. The third kappa shape index (κ3) is 3.19. The van der Waals surface area contributed by atoms with Crippen molar-refractivity contribution in [1.29, 1.82) is 0 Å². The molecule has 2 aliphatic carbocycles. The molecule has 1 aliphatic heterocycles. The van der Waals surface area contributed by atoms with Gasteiger partial charge in [-0.15, -0.1) is 0 Å². The quantitative estimate of drug-likeness (QED) is 0.690. The highest BCUT2D eigenvalue weighted by molar-refractivity contribution is 6.08. The van der Waals surface area contributed by atoms with Gasteiger partial charge in [-0.3, -0.25) is 9.59 Å². The second kappa shape index (κ2) is 6.69. The Hall–Kier alpha value is -2.62. The van der Waals surface area contributed by atoms with Crippen LogP contribution >= 0.6 is 0 Å². The van der Waals surface area contributed by atoms with Crippen LogP contribution in [0.15, 0.2) is 53.0 Å². The Morgan fingerprint density at radius 2 is 1.45 bits per heavy atom. The summed E-state index contributed by atoms with van der Waals surface area (Å²) < 4.78 is 2.24. The molecule has 0 spiro atoms. The third-order valence-electron chi connectivity index (χ3n) is 7.19. The summed E-state index contributed by atoms with van der Waals surface area (Å²) in [6.45, 7) is 11.6. The van der Waals surface area contributed by atoms with Gasteiger partial charge >= 0.3 is 0 Å². The Bertz CT molecular complexity index is 1140. The minimum absolute atomic E-state index is 0.0723. The van der Waals surface area contributed by atoms with Gasteiger partial charge < -0.3 is 9.88 Å². The average Bonchev–Trinajstić information content (AvgIpc) is 3.03. The highest BCUT2D eigenvalue weighted by Gasteiger charge is 2.46. The number of hydrogen-bond acceptors (Lipinski definition) is 3. The first-order valence-electron chi connectivity index (χ1n) is 11.5. The van der Waals surface area contributed by atoms with Crippen molar-refractivity contribution in [2.75, 3.05) is 0 Å². The lowest BCUT2D eigenvalue weighted by Crippen LogP contribution is -2.42. The van der Waals surface area contributed by atoms with Crippen LogP contribution in [0.5, 0.6) is 0 Å². The van der Waals surface area contributed by atoms with Gasteiger partial charge in [-0.05, 0) is 42.2 Å². The molecule has 0 saturated heterocycles. The molecule has 0 radical (unpaired) electrons. The number of nitrogens with zero attached hydrogens (tertiary/aromatic N) is 1. The number of hydrogen-bond donors (Lipinski definition) is 1. The van der Waals surface area contributed by atoms with Crippen LogP contribution in [0.4, 0.5) is 0 Å². The van der Waals surface area contributed by atoms with E-state index >= 15 is 0 Å². The molecule has 2 aromatic rings. The van der Waals surface area contributed by atoms with Crippen LogP contribution < -0.4 is 5.32 Å². The lowest BCUT2D eigenvalue weighted by Gasteiger charge is -2.43. The van der Waals surface area contributed by atoms with E-state index in [2.05, 4.69) is 75.0 Å². The molecule has 0 bridgehead atoms. The Balaban J connectivity index is 1.78. The van der Waals surface area contributed by atoms with E-state index < -0.39 is 0 Å². The summed E-state index contributed by atoms with van der Waals surface area (Å²) in [4.78, 5) is 27.0. The number of nitrogens with one attached hydrogen (secondary N) is 1. The highest BCUT2D eigenvalue weighted by Crippen LogP contribution is 2.52. The number of fused-ring (bicyclic) bond motifs is 1. The molecule has 1 aromatic heterocycles. The van der Waals surface area contributed by atoms with E-state index in [4.69, 9.17) is 0 Å². The number of rotatable bonds is 2. The van der Waals surface area contributed by atoms with Crippen LogP contribution in [0, 0.1) is 10.8 Å². The van der Waals surface area contributed by atoms with Crippen LogP contribution in [0.1, 0.15) is 71.8 Å². The zero-order chi connectivity index (χ0) is 22.1. The van der Waals surface area contributed by atoms with Crippen LogP contribution in [0.2, 0.25) is 0 Å². The van der Waals surface area contributed by atoms with Crippen molar-refractivity contribution in [3.05, 3.63) is 58.6 Å². The van der Waals surface area contributed by atoms with Gasteiger partial charge in [-0.25, -0.2) is 0 Å². The molecule has 1 N–H and O–H groups in total. The molecule has 0 atom stereocenters. The summed E-state index contributed by atoms with van der Waals surface area (Å²) in [5.41, 5.74) is 5.83. The van der Waals surface area contributed by atoms with Crippen molar-refractivity contribution < 1.29 is 9.59 Å². The maximum atomic E-state index is 13.5. The number of aromatic nitrogens is 1. The third-order valence-corrected chi connectivity index (χ3v) is 7.19. The van der Waals surface area contributed by atoms with Crippen molar-refractivity contribution >= 4 is 22.5 Å². The number of benzene rings is 1. The number of para-hydroxylation sites is 1. The number of allylic oxidation sites excluding steroid dienone is 4. The number of ketones is 2. The second-order valence-corrected chi connectivity index (χ2v) is 11.1. The predicted octanol–water partition coefficient (Wildman–Crippen LogP) is 5.63. The van der Waals surface area contributed by atoms with Gasteiger partial charge in [0.2, 0.25) is 0 Å². The molecule has 31 heavy (non-hydrogen) atoms. The molecule has 3 aliphatic rings. The van der Waals surface area contributed by atoms with E-state index in [1.807, 2.05) is 0 Å². The Kier molecular flexibility index (Phi) is 4.38. The Morgan fingerprint density at radius 1 is 0.903 bits per heavy atom. The van der Waals surface area contributed by atoms with E-state index in [0.717, 1.165) is 58.4 Å². The molecule has 0 fully saturated rings. The molecular weight excluding hydrogens is 384 g/mol. The fraction of sp³-hybridized carbons (Fsp3) is 0.481. The number of dihydropyridines is 1. The van der Waals surface area contributed by atoms with Gasteiger partial charge in [-0.1, -0.05) is 45.9 Å². The number of aryl methyl sites for hydroxylation is 1. The maximum Gasteiger partial charge on any atom is 0.162 e. The summed E-state index contributed by atoms with van der Waals surface area (Å²) in [5.74, 6) is 0.0960. The topological polar surface area (TPSA) is 51.1 Å². The van der Waals surface area contributed by atoms with Gasteiger partial charge in [0, 0.05) is 64.9 Å². The number of carbonyl (C=O) groups excluding carboxylic acids is 2. The Labute approximate surface area is 184 Å². The Morgan fingerprint density at radius 3 is 2.00 bits per heavy atom. The van der Waals surface area contributed by atoms with E-state index in [0.29, 0.717) is 12.8 Å². The summed E-state index contributed by atoms with van der Waals surface area (Å²) in [6.07, 6.45) is 4.90. The molecule has 1 aromatic carbocycles. The molecule has 2 heterocycles. The second-order valence-electron chi connectivity index (χ2n) is 11.1. The first kappa shape index (κ1) is 20.3. The van der Waals surface area contributed by atoms with Crippen molar-refractivity contribution in [2.24, 2.45) is 10.8 Å². The van der Waals surface area contributed by atoms with Crippen molar-refractivity contribution in [1.82, 2.24) is 9.88 Å². The molecule has 0 amide bonds. The maximum absolute atomic E-state index is 13.5. The van der Waals surface area contributed by atoms with E-state index in [9.17, 15) is 9.59 Å². The van der Waals surface area contributed by atoms with Crippen LogP contribution in [-0.4, -0.2) is 16.1 Å². The summed E-state index contributed by atoms with van der Waals surface area (Å²) in [6, 6.07) is 8.37. The van der Waals surface area contributed by atoms with Crippen molar-refractivity contribution in [3.8, 4) is 0 Å². The largest absolute Gasteiger partial charge is 0.362 e. The van der Waals surface area contributed by atoms with E-state index in [1.165, 1.54) is 0 Å². The monoisotopic (exact) mass is 416 g/mol. The fourth-order valence-corrected chi connectivity index (χ4v) is 5.97. The zero-order valence-electron chi connectivity index (χ0n) is 19.3. The molecular formula is C27H32N2O2. The van der Waals surface area contributed by atoms with E-state index in [-0.39, 0.29) is 28.3 Å². The molecule has 4 nitrogen and oxygen atoms in total. The van der Waals surface area contributed by atoms with Gasteiger partial charge in [0.05, 0.1) is 0 Å². The molecule has 5 rings (SSSR count). The molecule has 162 valence electrons. The van der Waals surface area contributed by atoms with Crippen LogP contribution in [0.3, 0.4) is 0 Å². The highest BCUT2D eigenvalue weighted by atomic mass is 16.1. The smallest absolute Gasteiger partial charge is 0.162 e. The minimum Gasteiger partial charge on any atom is -0.362 e. The number of carbonyl (C=O) groups is 2. The summed E-state index contributed by atoms with van der Waals surface area (Å²) in [5, 5.41) is 4.75. The first-order valence-corrected chi connectivity index (χ1v) is 11.5. The summed E-state index contributed by atoms with van der Waals surface area (Å²) in [7, 11) is 0. The zero-order valence-corrected chi connectivity index (χ0v) is 19.3. The summed E-state index contributed by atoms with van der Waals surface area (Å²) >= 11 is 0. The van der Waals surface area contributed by atoms with Crippen molar-refractivity contribution in [3.63, 3.8) is 0 Å². The predicted molar refractivity (Wildman–Crippen MR) is 124 cm³/mol. The minimum atomic E-state index is -0.267. The standard InChI is InChI=1S/C27H32N2O2/c1-6-29-15-17(16-9-7-8-10-20(16)29)23-24-18(11-26(2,3)13-21(24)30)28-19-12-27(4,5)14-22(31)25(19)23/h7-10,15,23,28H,6,11-14H2,1-5H3. The normalized spacial score (nSPS) is 23.1. The van der Waals surface area contributed by atoms with Crippen LogP contribution in [-0.2, 0) is 16.1 Å². The van der Waals surface area contributed by atoms with Gasteiger partial charge in [0.1, 0.15) is 0 Å². The van der Waals surface area contributed by atoms with Gasteiger partial charge in [0.15, 0.2) is 11.6 Å². The SMILES string of the molecule is CCn1cc(C2C3=C(CC(C)(C)CC3=O)NC3=C2C(=O)CC(C)(C)C3)c2ccccc21. The van der Waals surface area contributed by atoms with Gasteiger partial charge in [-0.2, -0.15) is 0 Å². The molecule has 4 heteroatoms. The van der Waals surface area contributed by atoms with Crippen molar-refractivity contribution in [2.45, 2.75) is 72.8 Å². The fourth-order valence-electron chi connectivity index (χ4n) is 5.97. The number of Topliss-reactive ketones (excluding diaryl/α,β-unsaturated/α-hetero) is 2. The van der Waals surface area contributed by atoms with Gasteiger partial charge in [0.25, 0.3) is 0 Å². The lowest BCUT2D eigenvalue weighted by molar-refractivity contribution is -0.119. The molecule has 0 unspecified atom stereocenters. The van der Waals surface area contributed by atoms with Crippen LogP contribution in [0.25, 0.3) is 10.9 Å². The van der Waals surface area contributed by atoms with E-state index in [1.54, 1.807) is 0 Å². The average molecular weight is 417 g/mol.